The van der Waals surface area contributed by atoms with E-state index < -0.39 is 17.5 Å². The molecule has 3 nitrogen and oxygen atoms in total. The van der Waals surface area contributed by atoms with Crippen molar-refractivity contribution in [1.29, 1.82) is 0 Å². The number of phenols is 1. The average molecular weight is 357 g/mol. The average Bonchev–Trinajstić information content (AvgIpc) is 2.92. The predicted molar refractivity (Wildman–Crippen MR) is 91.5 cm³/mol. The molecule has 0 unspecified atom stereocenters. The van der Waals surface area contributed by atoms with Gasteiger partial charge in [0.2, 0.25) is 0 Å². The first-order valence-electron chi connectivity index (χ1n) is 7.68. The topological polar surface area (TPSA) is 46.3 Å². The molecule has 0 atom stereocenters. The molecule has 0 aliphatic rings. The summed E-state index contributed by atoms with van der Waals surface area (Å²) in [6.45, 7) is 3.30. The Kier molecular flexibility index (Phi) is 4.25. The van der Waals surface area contributed by atoms with E-state index in [1.165, 1.54) is 0 Å². The molecule has 1 N–H and O–H groups in total. The van der Waals surface area contributed by atoms with Crippen LogP contribution in [0.3, 0.4) is 0 Å². The van der Waals surface area contributed by atoms with E-state index in [9.17, 15) is 18.3 Å². The Balaban J connectivity index is 2.50. The number of aromatic hydroxyl groups is 1. The minimum atomic E-state index is -4.75. The summed E-state index contributed by atoms with van der Waals surface area (Å²) in [5.41, 5.74) is 0.590. The van der Waals surface area contributed by atoms with Crippen molar-refractivity contribution in [3.8, 4) is 40.3 Å². The highest BCUT2D eigenvalue weighted by Gasteiger charge is 2.37. The molecule has 0 bridgehead atoms. The quantitative estimate of drug-likeness (QED) is 0.631. The summed E-state index contributed by atoms with van der Waals surface area (Å²) >= 11 is 0. The molecule has 0 saturated carbocycles. The normalized spacial score (nSPS) is 11.4. The van der Waals surface area contributed by atoms with E-state index in [1.807, 2.05) is 0 Å². The second kappa shape index (κ2) is 6.26. The fraction of sp³-hybridized carbons (Fsp3) is 0.150. The van der Waals surface area contributed by atoms with Gasteiger partial charge >= 0.3 is 6.18 Å². The van der Waals surface area contributed by atoms with E-state index in [0.717, 1.165) is 6.07 Å². The summed E-state index contributed by atoms with van der Waals surface area (Å²) in [4.78, 5) is 0. The first-order valence-corrected chi connectivity index (χ1v) is 7.68. The number of benzene rings is 2. The summed E-state index contributed by atoms with van der Waals surface area (Å²) in [5.74, 6) is 1.63. The lowest BCUT2D eigenvalue weighted by atomic mass is 9.87. The number of phenolic OH excluding ortho intramolecular Hbond substituents is 1. The fourth-order valence-electron chi connectivity index (χ4n) is 2.97. The van der Waals surface area contributed by atoms with E-state index >= 15 is 0 Å². The van der Waals surface area contributed by atoms with Crippen molar-refractivity contribution in [2.24, 2.45) is 0 Å². The van der Waals surface area contributed by atoms with Gasteiger partial charge < -0.3 is 9.63 Å². The lowest BCUT2D eigenvalue weighted by Gasteiger charge is -2.18. The molecule has 0 amide bonds. The Morgan fingerprint density at radius 3 is 2.27 bits per heavy atom. The van der Waals surface area contributed by atoms with Crippen LogP contribution >= 0.6 is 0 Å². The molecule has 0 fully saturated rings. The minimum Gasteiger partial charge on any atom is -0.506 e. The van der Waals surface area contributed by atoms with Crippen LogP contribution in [0.4, 0.5) is 13.2 Å². The SMILES string of the molecule is C#Cc1c(O)c(C(F)(F)F)cc(-c2ccccc2)c1-c1c(C)noc1C. The molecular formula is C20H14F3NO2. The Morgan fingerprint density at radius 2 is 1.77 bits per heavy atom. The number of hydrogen-bond donors (Lipinski definition) is 1. The molecule has 0 aliphatic heterocycles. The highest BCUT2D eigenvalue weighted by Crippen LogP contribution is 2.47. The molecule has 1 heterocycles. The standard InChI is InChI=1S/C20H14F3NO2/c1-4-14-18(17-11(2)24-26-12(17)3)15(13-8-6-5-7-9-13)10-16(19(14)25)20(21,22)23/h1,5-10,25H,2-3H3. The van der Waals surface area contributed by atoms with E-state index in [4.69, 9.17) is 10.9 Å². The highest BCUT2D eigenvalue weighted by atomic mass is 19.4. The van der Waals surface area contributed by atoms with Crippen molar-refractivity contribution in [2.45, 2.75) is 20.0 Å². The van der Waals surface area contributed by atoms with Crippen molar-refractivity contribution in [2.75, 3.05) is 0 Å². The van der Waals surface area contributed by atoms with E-state index in [1.54, 1.807) is 44.2 Å². The number of aryl methyl sites for hydroxylation is 2. The molecule has 0 aliphatic carbocycles. The minimum absolute atomic E-state index is 0.243. The lowest BCUT2D eigenvalue weighted by Crippen LogP contribution is -2.08. The second-order valence-corrected chi connectivity index (χ2v) is 5.78. The Labute approximate surface area is 148 Å². The molecule has 2 aromatic carbocycles. The molecule has 0 radical (unpaired) electrons. The van der Waals surface area contributed by atoms with Gasteiger partial charge in [-0.1, -0.05) is 41.4 Å². The number of rotatable bonds is 2. The van der Waals surface area contributed by atoms with Crippen LogP contribution in [0, 0.1) is 26.2 Å². The summed E-state index contributed by atoms with van der Waals surface area (Å²) in [5, 5.41) is 14.1. The molecular weight excluding hydrogens is 343 g/mol. The van der Waals surface area contributed by atoms with Crippen molar-refractivity contribution in [3.05, 3.63) is 59.0 Å². The van der Waals surface area contributed by atoms with Crippen LogP contribution < -0.4 is 0 Å². The number of aromatic nitrogens is 1. The molecule has 132 valence electrons. The van der Waals surface area contributed by atoms with Crippen LogP contribution in [-0.4, -0.2) is 10.3 Å². The molecule has 0 saturated heterocycles. The second-order valence-electron chi connectivity index (χ2n) is 5.78. The van der Waals surface area contributed by atoms with Crippen LogP contribution in [0.5, 0.6) is 5.75 Å². The van der Waals surface area contributed by atoms with E-state index in [2.05, 4.69) is 11.1 Å². The first kappa shape index (κ1) is 17.6. The van der Waals surface area contributed by atoms with Crippen LogP contribution in [0.15, 0.2) is 40.9 Å². The molecule has 0 spiro atoms. The zero-order valence-electron chi connectivity index (χ0n) is 14.0. The van der Waals surface area contributed by atoms with Gasteiger partial charge in [-0.15, -0.1) is 6.42 Å². The van der Waals surface area contributed by atoms with Crippen LogP contribution in [0.2, 0.25) is 0 Å². The number of halogens is 3. The number of alkyl halides is 3. The van der Waals surface area contributed by atoms with Gasteiger partial charge in [-0.2, -0.15) is 13.2 Å². The summed E-state index contributed by atoms with van der Waals surface area (Å²) in [6, 6.07) is 9.44. The molecule has 3 rings (SSSR count). The zero-order chi connectivity index (χ0) is 19.1. The Hall–Kier alpha value is -3.20. The maximum absolute atomic E-state index is 13.4. The lowest BCUT2D eigenvalue weighted by molar-refractivity contribution is -0.138. The van der Waals surface area contributed by atoms with Crippen molar-refractivity contribution < 1.29 is 22.8 Å². The summed E-state index contributed by atoms with van der Waals surface area (Å²) < 4.78 is 45.5. The van der Waals surface area contributed by atoms with Crippen LogP contribution in [0.1, 0.15) is 22.6 Å². The van der Waals surface area contributed by atoms with Crippen LogP contribution in [-0.2, 0) is 6.18 Å². The van der Waals surface area contributed by atoms with Gasteiger partial charge in [0.1, 0.15) is 11.5 Å². The Morgan fingerprint density at radius 1 is 1.12 bits per heavy atom. The van der Waals surface area contributed by atoms with Gasteiger partial charge in [-0.05, 0) is 31.0 Å². The van der Waals surface area contributed by atoms with Gasteiger partial charge in [-0.25, -0.2) is 0 Å². The molecule has 3 aromatic rings. The van der Waals surface area contributed by atoms with Gasteiger partial charge in [0.15, 0.2) is 0 Å². The van der Waals surface area contributed by atoms with Crippen molar-refractivity contribution >= 4 is 0 Å². The monoisotopic (exact) mass is 357 g/mol. The number of terminal acetylenes is 1. The fourth-order valence-corrected chi connectivity index (χ4v) is 2.97. The molecule has 6 heteroatoms. The van der Waals surface area contributed by atoms with E-state index in [-0.39, 0.29) is 11.1 Å². The van der Waals surface area contributed by atoms with Crippen molar-refractivity contribution in [3.63, 3.8) is 0 Å². The number of hydrogen-bond acceptors (Lipinski definition) is 3. The summed E-state index contributed by atoms with van der Waals surface area (Å²) in [7, 11) is 0. The smallest absolute Gasteiger partial charge is 0.420 e. The number of nitrogens with zero attached hydrogens (tertiary/aromatic N) is 1. The highest BCUT2D eigenvalue weighted by molar-refractivity contribution is 5.91. The van der Waals surface area contributed by atoms with Gasteiger partial charge in [0.05, 0.1) is 16.8 Å². The first-order chi connectivity index (χ1) is 12.3. The zero-order valence-corrected chi connectivity index (χ0v) is 14.0. The van der Waals surface area contributed by atoms with Gasteiger partial charge in [0, 0.05) is 11.1 Å². The largest absolute Gasteiger partial charge is 0.506 e. The predicted octanol–water partition coefficient (Wildman–Crippen LogP) is 5.33. The van der Waals surface area contributed by atoms with Gasteiger partial charge in [0.25, 0.3) is 0 Å². The van der Waals surface area contributed by atoms with Gasteiger partial charge in [-0.3, -0.25) is 0 Å². The van der Waals surface area contributed by atoms with E-state index in [0.29, 0.717) is 28.1 Å². The maximum Gasteiger partial charge on any atom is 0.420 e. The third-order valence-electron chi connectivity index (χ3n) is 4.12. The maximum atomic E-state index is 13.4. The van der Waals surface area contributed by atoms with Crippen LogP contribution in [0.25, 0.3) is 22.3 Å². The molecule has 26 heavy (non-hydrogen) atoms. The third kappa shape index (κ3) is 2.82. The summed E-state index contributed by atoms with van der Waals surface area (Å²) in [6.07, 6.45) is 0.735. The van der Waals surface area contributed by atoms with Crippen molar-refractivity contribution in [1.82, 2.24) is 5.16 Å². The third-order valence-corrected chi connectivity index (χ3v) is 4.12. The Bertz CT molecular complexity index is 993. The molecule has 1 aromatic heterocycles.